The fourth-order valence-electron chi connectivity index (χ4n) is 2.55. The first-order valence-electron chi connectivity index (χ1n) is 6.66. The first kappa shape index (κ1) is 16.3. The van der Waals surface area contributed by atoms with E-state index in [9.17, 15) is 18.0 Å². The highest BCUT2D eigenvalue weighted by molar-refractivity contribution is 5.79. The Morgan fingerprint density at radius 1 is 1.37 bits per heavy atom. The van der Waals surface area contributed by atoms with Crippen LogP contribution in [0.15, 0.2) is 0 Å². The largest absolute Gasteiger partial charge is 0.405 e. The number of hydrogen-bond acceptors (Lipinski definition) is 2. The number of carbonyl (C=O) groups excluding carboxylic acids is 1. The van der Waals surface area contributed by atoms with Crippen molar-refractivity contribution in [3.05, 3.63) is 0 Å². The summed E-state index contributed by atoms with van der Waals surface area (Å²) in [6.07, 6.45) is -3.66. The minimum absolute atomic E-state index is 0.161. The van der Waals surface area contributed by atoms with Gasteiger partial charge in [-0.05, 0) is 11.8 Å². The molecule has 112 valence electrons. The Kier molecular flexibility index (Phi) is 4.87. The van der Waals surface area contributed by atoms with E-state index in [-0.39, 0.29) is 30.3 Å². The number of rotatable bonds is 2. The monoisotopic (exact) mass is 280 g/mol. The van der Waals surface area contributed by atoms with Crippen LogP contribution >= 0.6 is 0 Å². The summed E-state index contributed by atoms with van der Waals surface area (Å²) in [5.41, 5.74) is -0.232. The Morgan fingerprint density at radius 3 is 2.37 bits per heavy atom. The van der Waals surface area contributed by atoms with E-state index in [1.165, 1.54) is 4.90 Å². The number of halogens is 3. The molecule has 0 aliphatic carbocycles. The van der Waals surface area contributed by atoms with E-state index in [1.807, 2.05) is 27.7 Å². The molecule has 0 radical (unpaired) electrons. The maximum absolute atomic E-state index is 12.7. The van der Waals surface area contributed by atoms with E-state index < -0.39 is 12.2 Å². The number of carbonyl (C=O) groups is 1. The van der Waals surface area contributed by atoms with Gasteiger partial charge in [0.05, 0.1) is 0 Å². The van der Waals surface area contributed by atoms with Gasteiger partial charge in [-0.15, -0.1) is 0 Å². The summed E-state index contributed by atoms with van der Waals surface area (Å²) < 4.78 is 38.1. The van der Waals surface area contributed by atoms with Crippen molar-refractivity contribution < 1.29 is 18.0 Å². The van der Waals surface area contributed by atoms with E-state index in [1.54, 1.807) is 0 Å². The maximum atomic E-state index is 12.7. The molecular formula is C13H23F3N2O. The van der Waals surface area contributed by atoms with Crippen molar-refractivity contribution in [3.8, 4) is 0 Å². The summed E-state index contributed by atoms with van der Waals surface area (Å²) in [6.45, 7) is 7.99. The average Bonchev–Trinajstić information content (AvgIpc) is 2.27. The van der Waals surface area contributed by atoms with Gasteiger partial charge in [0.2, 0.25) is 5.91 Å². The molecule has 0 saturated carbocycles. The summed E-state index contributed by atoms with van der Waals surface area (Å²) in [5.74, 6) is -0.398. The first-order chi connectivity index (χ1) is 8.57. The third-order valence-electron chi connectivity index (χ3n) is 3.63. The molecule has 1 N–H and O–H groups in total. The molecule has 3 nitrogen and oxygen atoms in total. The number of hydrogen-bond donors (Lipinski definition) is 1. The number of nitrogens with zero attached hydrogens (tertiary/aromatic N) is 1. The van der Waals surface area contributed by atoms with Crippen molar-refractivity contribution in [2.45, 2.75) is 46.3 Å². The maximum Gasteiger partial charge on any atom is 0.405 e. The molecule has 0 bridgehead atoms. The summed E-state index contributed by atoms with van der Waals surface area (Å²) in [4.78, 5) is 13.7. The highest BCUT2D eigenvalue weighted by atomic mass is 19.4. The first-order valence-corrected chi connectivity index (χ1v) is 6.66. The lowest BCUT2D eigenvalue weighted by molar-refractivity contribution is -0.170. The van der Waals surface area contributed by atoms with Gasteiger partial charge in [0.1, 0.15) is 6.04 Å². The normalized spacial score (nSPS) is 23.3. The number of piperazine rings is 1. The van der Waals surface area contributed by atoms with Gasteiger partial charge in [-0.25, -0.2) is 0 Å². The minimum atomic E-state index is -4.30. The fraction of sp³-hybridized carbons (Fsp3) is 0.923. The Bertz CT molecular complexity index is 323. The van der Waals surface area contributed by atoms with Crippen molar-refractivity contribution in [2.75, 3.05) is 19.6 Å². The van der Waals surface area contributed by atoms with Crippen molar-refractivity contribution in [1.29, 1.82) is 0 Å². The zero-order chi connectivity index (χ0) is 14.8. The summed E-state index contributed by atoms with van der Waals surface area (Å²) in [7, 11) is 0. The zero-order valence-electron chi connectivity index (χ0n) is 12.0. The third-order valence-corrected chi connectivity index (χ3v) is 3.63. The molecule has 1 aliphatic heterocycles. The average molecular weight is 280 g/mol. The predicted octanol–water partition coefficient (Wildman–Crippen LogP) is 2.42. The molecule has 0 spiro atoms. The highest BCUT2D eigenvalue weighted by Gasteiger charge is 2.44. The van der Waals surface area contributed by atoms with Crippen LogP contribution < -0.4 is 5.32 Å². The number of nitrogens with one attached hydrogen (secondary N) is 1. The summed E-state index contributed by atoms with van der Waals surface area (Å²) >= 11 is 0. The van der Waals surface area contributed by atoms with Gasteiger partial charge in [-0.3, -0.25) is 4.79 Å². The molecule has 2 unspecified atom stereocenters. The second-order valence-corrected chi connectivity index (χ2v) is 6.16. The van der Waals surface area contributed by atoms with Crippen LogP contribution in [0.3, 0.4) is 0 Å². The molecule has 6 heteroatoms. The Morgan fingerprint density at radius 2 is 1.95 bits per heavy atom. The lowest BCUT2D eigenvalue weighted by Gasteiger charge is -2.39. The van der Waals surface area contributed by atoms with Gasteiger partial charge in [0.25, 0.3) is 0 Å². The number of amides is 1. The smallest absolute Gasteiger partial charge is 0.339 e. The van der Waals surface area contributed by atoms with Crippen LogP contribution in [0.4, 0.5) is 13.2 Å². The lowest BCUT2D eigenvalue weighted by atomic mass is 9.78. The SMILES string of the molecule is CCC(C(=O)N1CCNC(C(F)(F)F)C1)C(C)(C)C. The van der Waals surface area contributed by atoms with Gasteiger partial charge in [-0.2, -0.15) is 13.2 Å². The minimum Gasteiger partial charge on any atom is -0.339 e. The summed E-state index contributed by atoms with van der Waals surface area (Å²) in [5, 5.41) is 2.42. The molecule has 1 rings (SSSR count). The van der Waals surface area contributed by atoms with E-state index in [0.717, 1.165) is 0 Å². The van der Waals surface area contributed by atoms with Gasteiger partial charge >= 0.3 is 6.18 Å². The molecule has 1 saturated heterocycles. The highest BCUT2D eigenvalue weighted by Crippen LogP contribution is 2.31. The van der Waals surface area contributed by atoms with Crippen LogP contribution in [-0.2, 0) is 4.79 Å². The Labute approximate surface area is 112 Å². The molecule has 0 aromatic carbocycles. The summed E-state index contributed by atoms with van der Waals surface area (Å²) in [6, 6.07) is -1.61. The zero-order valence-corrected chi connectivity index (χ0v) is 12.0. The topological polar surface area (TPSA) is 32.3 Å². The van der Waals surface area contributed by atoms with E-state index in [2.05, 4.69) is 5.32 Å². The predicted molar refractivity (Wildman–Crippen MR) is 67.7 cm³/mol. The van der Waals surface area contributed by atoms with Crippen LogP contribution in [0.1, 0.15) is 34.1 Å². The number of alkyl halides is 3. The molecule has 0 aromatic heterocycles. The van der Waals surface area contributed by atoms with Crippen molar-refractivity contribution >= 4 is 5.91 Å². The van der Waals surface area contributed by atoms with E-state index in [0.29, 0.717) is 13.0 Å². The quantitative estimate of drug-likeness (QED) is 0.842. The Balaban J connectivity index is 2.77. The van der Waals surface area contributed by atoms with Crippen LogP contribution in [0.25, 0.3) is 0 Å². The molecule has 2 atom stereocenters. The standard InChI is InChI=1S/C13H23F3N2O/c1-5-9(12(2,3)4)11(19)18-7-6-17-10(8-18)13(14,15)16/h9-10,17H,5-8H2,1-4H3. The second kappa shape index (κ2) is 5.69. The van der Waals surface area contributed by atoms with Crippen LogP contribution in [0.5, 0.6) is 0 Å². The second-order valence-electron chi connectivity index (χ2n) is 6.16. The van der Waals surface area contributed by atoms with Crippen LogP contribution in [0.2, 0.25) is 0 Å². The van der Waals surface area contributed by atoms with Gasteiger partial charge in [0.15, 0.2) is 0 Å². The fourth-order valence-corrected chi connectivity index (χ4v) is 2.55. The van der Waals surface area contributed by atoms with Crippen LogP contribution in [0, 0.1) is 11.3 Å². The van der Waals surface area contributed by atoms with Crippen molar-refractivity contribution in [2.24, 2.45) is 11.3 Å². The van der Waals surface area contributed by atoms with Crippen molar-refractivity contribution in [1.82, 2.24) is 10.2 Å². The third kappa shape index (κ3) is 4.09. The van der Waals surface area contributed by atoms with E-state index in [4.69, 9.17) is 0 Å². The molecule has 0 aromatic rings. The molecule has 1 aliphatic rings. The van der Waals surface area contributed by atoms with Gasteiger partial charge < -0.3 is 10.2 Å². The van der Waals surface area contributed by atoms with Crippen molar-refractivity contribution in [3.63, 3.8) is 0 Å². The molecule has 1 heterocycles. The van der Waals surface area contributed by atoms with E-state index >= 15 is 0 Å². The lowest BCUT2D eigenvalue weighted by Crippen LogP contribution is -2.59. The molecular weight excluding hydrogens is 257 g/mol. The van der Waals surface area contributed by atoms with Crippen LogP contribution in [-0.4, -0.2) is 42.7 Å². The molecule has 1 amide bonds. The Hall–Kier alpha value is -0.780. The molecule has 19 heavy (non-hydrogen) atoms. The molecule has 1 fully saturated rings. The van der Waals surface area contributed by atoms with Gasteiger partial charge in [-0.1, -0.05) is 27.7 Å². The van der Waals surface area contributed by atoms with Gasteiger partial charge in [0, 0.05) is 25.6 Å².